The number of morpholine rings is 1. The lowest BCUT2D eigenvalue weighted by Crippen LogP contribution is -2.35. The van der Waals surface area contributed by atoms with E-state index in [9.17, 15) is 13.0 Å². The van der Waals surface area contributed by atoms with Gasteiger partial charge < -0.3 is 14.8 Å². The minimum absolute atomic E-state index is 0.125. The highest BCUT2D eigenvalue weighted by Crippen LogP contribution is 2.30. The highest BCUT2D eigenvalue weighted by atomic mass is 32.2. The van der Waals surface area contributed by atoms with Gasteiger partial charge in [0.05, 0.1) is 29.3 Å². The van der Waals surface area contributed by atoms with Crippen molar-refractivity contribution in [1.29, 1.82) is 0 Å². The van der Waals surface area contributed by atoms with Crippen LogP contribution in [0.3, 0.4) is 0 Å². The van der Waals surface area contributed by atoms with Gasteiger partial charge in [0.2, 0.25) is 0 Å². The van der Waals surface area contributed by atoms with Crippen LogP contribution in [0.25, 0.3) is 10.9 Å². The van der Waals surface area contributed by atoms with Crippen LogP contribution in [0.5, 0.6) is 0 Å². The number of aromatic nitrogens is 2. The molecule has 1 atom stereocenters. The molecule has 3 aromatic rings. The summed E-state index contributed by atoms with van der Waals surface area (Å²) in [4.78, 5) is 2.15. The molecule has 9 nitrogen and oxygen atoms in total. The van der Waals surface area contributed by atoms with Gasteiger partial charge in [-0.25, -0.2) is 4.68 Å². The number of anilines is 1. The maximum absolute atomic E-state index is 11.6. The molecular formula is C29H42N4O5S. The molecule has 0 bridgehead atoms. The molecule has 2 N–H and O–H groups in total. The Labute approximate surface area is 232 Å². The van der Waals surface area contributed by atoms with E-state index in [4.69, 9.17) is 14.6 Å². The number of aryl methyl sites for hydroxylation is 1. The molecular weight excluding hydrogens is 516 g/mol. The second-order valence-electron chi connectivity index (χ2n) is 10.6. The van der Waals surface area contributed by atoms with Crippen molar-refractivity contribution in [2.45, 2.75) is 64.1 Å². The Morgan fingerprint density at radius 1 is 1.08 bits per heavy atom. The van der Waals surface area contributed by atoms with Crippen molar-refractivity contribution < 1.29 is 22.4 Å². The van der Waals surface area contributed by atoms with Crippen molar-refractivity contribution in [2.24, 2.45) is 5.92 Å². The maximum atomic E-state index is 11.6. The van der Waals surface area contributed by atoms with Gasteiger partial charge in [-0.2, -0.15) is 13.5 Å². The molecule has 1 unspecified atom stereocenters. The Balaban J connectivity index is 0.000000229. The number of nitrogens with one attached hydrogen (secondary N) is 1. The molecule has 2 aromatic carbocycles. The molecule has 3 heterocycles. The van der Waals surface area contributed by atoms with Gasteiger partial charge in [-0.1, -0.05) is 32.9 Å². The fourth-order valence-electron chi connectivity index (χ4n) is 4.75. The topological polar surface area (TPSA) is 106 Å². The maximum Gasteiger partial charge on any atom is 0.294 e. The second kappa shape index (κ2) is 13.7. The highest BCUT2D eigenvalue weighted by Gasteiger charge is 2.24. The van der Waals surface area contributed by atoms with Crippen LogP contribution in [0.4, 0.5) is 5.69 Å². The summed E-state index contributed by atoms with van der Waals surface area (Å²) in [6.07, 6.45) is 3.81. The van der Waals surface area contributed by atoms with Crippen LogP contribution < -0.4 is 5.32 Å². The molecule has 0 aliphatic carbocycles. The zero-order valence-electron chi connectivity index (χ0n) is 23.3. The van der Waals surface area contributed by atoms with E-state index in [1.165, 1.54) is 23.4 Å². The molecule has 0 radical (unpaired) electrons. The first-order valence-corrected chi connectivity index (χ1v) is 15.4. The molecule has 10 heteroatoms. The second-order valence-corrected chi connectivity index (χ2v) is 12.0. The van der Waals surface area contributed by atoms with E-state index in [2.05, 4.69) is 55.3 Å². The van der Waals surface area contributed by atoms with Crippen molar-refractivity contribution in [3.8, 4) is 0 Å². The van der Waals surface area contributed by atoms with Gasteiger partial charge in [-0.05, 0) is 67.5 Å². The van der Waals surface area contributed by atoms with E-state index in [-0.39, 0.29) is 11.1 Å². The summed E-state index contributed by atoms with van der Waals surface area (Å²) in [7, 11) is -4.27. The van der Waals surface area contributed by atoms with Gasteiger partial charge in [-0.15, -0.1) is 0 Å². The summed E-state index contributed by atoms with van der Waals surface area (Å²) < 4.78 is 45.6. The van der Waals surface area contributed by atoms with Crippen LogP contribution in [-0.4, -0.2) is 67.1 Å². The summed E-state index contributed by atoms with van der Waals surface area (Å²) >= 11 is 0. The lowest BCUT2D eigenvalue weighted by molar-refractivity contribution is -0.0371. The number of fused-ring (bicyclic) bond motifs is 1. The Hall–Kier alpha value is -2.50. The predicted octanol–water partition coefficient (Wildman–Crippen LogP) is 5.13. The lowest BCUT2D eigenvalue weighted by Gasteiger charge is -2.26. The molecule has 2 aliphatic rings. The Morgan fingerprint density at radius 3 is 2.44 bits per heavy atom. The standard InChI is InChI=1S/C17H23N3O5S.C12H19N/c21-26(22,23)13-4-5-14-15(12-19-6-9-24-10-7-19)18-20(16(14)11-13)17-3-1-2-8-25-17;1-4-11-5-7-12(8-6-11)13-9-10(2)3/h4-5,11,17H,1-3,6-10,12H2,(H,21,22,23);5-8,10,13H,4,9H2,1-3H3. The quantitative estimate of drug-likeness (QED) is 0.367. The van der Waals surface area contributed by atoms with Crippen molar-refractivity contribution in [3.05, 3.63) is 53.7 Å². The summed E-state index contributed by atoms with van der Waals surface area (Å²) in [5.41, 5.74) is 4.19. The number of benzene rings is 2. The first kappa shape index (κ1) is 29.5. The summed E-state index contributed by atoms with van der Waals surface area (Å²) in [6, 6.07) is 13.3. The summed E-state index contributed by atoms with van der Waals surface area (Å²) in [5.74, 6) is 0.700. The fourth-order valence-corrected chi connectivity index (χ4v) is 5.25. The Morgan fingerprint density at radius 2 is 1.82 bits per heavy atom. The third kappa shape index (κ3) is 8.25. The normalized spacial score (nSPS) is 18.6. The van der Waals surface area contributed by atoms with Gasteiger partial charge in [0.15, 0.2) is 6.23 Å². The molecule has 2 saturated heterocycles. The minimum Gasteiger partial charge on any atom is -0.385 e. The van der Waals surface area contributed by atoms with Crippen molar-refractivity contribution in [3.63, 3.8) is 0 Å². The molecule has 0 spiro atoms. The SMILES string of the molecule is CCc1ccc(NCC(C)C)cc1.O=S(=O)(O)c1ccc2c(CN3CCOCC3)nn(C3CCCCO3)c2c1. The largest absolute Gasteiger partial charge is 0.385 e. The predicted molar refractivity (Wildman–Crippen MR) is 154 cm³/mol. The van der Waals surface area contributed by atoms with Gasteiger partial charge >= 0.3 is 0 Å². The van der Waals surface area contributed by atoms with Gasteiger partial charge in [-0.3, -0.25) is 9.45 Å². The number of hydrogen-bond donors (Lipinski definition) is 2. The van der Waals surface area contributed by atoms with E-state index in [1.807, 2.05) is 0 Å². The van der Waals surface area contributed by atoms with E-state index < -0.39 is 10.1 Å². The molecule has 5 rings (SSSR count). The van der Waals surface area contributed by atoms with Crippen molar-refractivity contribution >= 4 is 26.7 Å². The fraction of sp³-hybridized carbons (Fsp3) is 0.552. The molecule has 214 valence electrons. The smallest absolute Gasteiger partial charge is 0.294 e. The first-order chi connectivity index (χ1) is 18.7. The molecule has 2 fully saturated rings. The average Bonchev–Trinajstić information content (AvgIpc) is 3.30. The minimum atomic E-state index is -4.27. The Kier molecular flexibility index (Phi) is 10.4. The van der Waals surface area contributed by atoms with E-state index in [1.54, 1.807) is 10.7 Å². The zero-order chi connectivity index (χ0) is 27.8. The first-order valence-electron chi connectivity index (χ1n) is 14.0. The third-order valence-electron chi connectivity index (χ3n) is 7.04. The Bertz CT molecular complexity index is 1300. The zero-order valence-corrected chi connectivity index (χ0v) is 24.1. The van der Waals surface area contributed by atoms with Gasteiger partial charge in [0.25, 0.3) is 10.1 Å². The monoisotopic (exact) mass is 558 g/mol. The van der Waals surface area contributed by atoms with E-state index in [0.717, 1.165) is 56.4 Å². The molecule has 2 aliphatic heterocycles. The van der Waals surface area contributed by atoms with Crippen LogP contribution in [0.1, 0.15) is 57.5 Å². The molecule has 1 aromatic heterocycles. The van der Waals surface area contributed by atoms with Gasteiger partial charge in [0, 0.05) is 43.9 Å². The lowest BCUT2D eigenvalue weighted by atomic mass is 10.1. The van der Waals surface area contributed by atoms with Crippen LogP contribution in [-0.2, 0) is 32.6 Å². The van der Waals surface area contributed by atoms with Crippen molar-refractivity contribution in [2.75, 3.05) is 44.8 Å². The number of hydrogen-bond acceptors (Lipinski definition) is 7. The number of nitrogens with zero attached hydrogens (tertiary/aromatic N) is 3. The van der Waals surface area contributed by atoms with Crippen LogP contribution in [0, 0.1) is 5.92 Å². The van der Waals surface area contributed by atoms with Gasteiger partial charge in [0.1, 0.15) is 0 Å². The van der Waals surface area contributed by atoms with Crippen LogP contribution in [0.15, 0.2) is 47.4 Å². The highest BCUT2D eigenvalue weighted by molar-refractivity contribution is 7.85. The third-order valence-corrected chi connectivity index (χ3v) is 7.89. The molecule has 0 amide bonds. The van der Waals surface area contributed by atoms with Crippen LogP contribution in [0.2, 0.25) is 0 Å². The number of rotatable bonds is 8. The van der Waals surface area contributed by atoms with E-state index in [0.29, 0.717) is 37.8 Å². The van der Waals surface area contributed by atoms with Crippen molar-refractivity contribution in [1.82, 2.24) is 14.7 Å². The molecule has 0 saturated carbocycles. The molecule has 39 heavy (non-hydrogen) atoms. The van der Waals surface area contributed by atoms with E-state index >= 15 is 0 Å². The number of ether oxygens (including phenoxy) is 2. The average molecular weight is 559 g/mol. The van der Waals surface area contributed by atoms with Crippen LogP contribution >= 0.6 is 0 Å². The summed E-state index contributed by atoms with van der Waals surface area (Å²) in [6.45, 7) is 12.1. The summed E-state index contributed by atoms with van der Waals surface area (Å²) in [5, 5.41) is 9.05.